The van der Waals surface area contributed by atoms with E-state index in [0.29, 0.717) is 18.3 Å². The minimum atomic E-state index is -4.09. The molecular formula is C9H17F3N2OS. The zero-order valence-corrected chi connectivity index (χ0v) is 10.0. The first-order valence-corrected chi connectivity index (χ1v) is 5.44. The third-order valence-electron chi connectivity index (χ3n) is 1.73. The zero-order valence-electron chi connectivity index (χ0n) is 9.19. The van der Waals surface area contributed by atoms with Crippen molar-refractivity contribution in [2.45, 2.75) is 25.4 Å². The van der Waals surface area contributed by atoms with E-state index >= 15 is 0 Å². The van der Waals surface area contributed by atoms with Crippen molar-refractivity contribution in [1.82, 2.24) is 10.6 Å². The first-order chi connectivity index (χ1) is 7.45. The quantitative estimate of drug-likeness (QED) is 0.539. The monoisotopic (exact) mass is 258 g/mol. The van der Waals surface area contributed by atoms with Gasteiger partial charge in [0.05, 0.1) is 0 Å². The molecule has 0 aromatic rings. The van der Waals surface area contributed by atoms with Gasteiger partial charge in [-0.25, -0.2) is 0 Å². The van der Waals surface area contributed by atoms with Crippen LogP contribution in [-0.4, -0.2) is 38.1 Å². The van der Waals surface area contributed by atoms with Gasteiger partial charge in [-0.1, -0.05) is 0 Å². The van der Waals surface area contributed by atoms with Gasteiger partial charge in [0.1, 0.15) is 0 Å². The van der Waals surface area contributed by atoms with Crippen LogP contribution in [0.1, 0.15) is 19.3 Å². The standard InChI is InChI=1S/C9H17F3N2OS/c1-15-7-3-6-14-8(16)13-5-2-4-9(10,11)12/h2-7H2,1H3,(H2,13,14,16). The highest BCUT2D eigenvalue weighted by molar-refractivity contribution is 7.80. The Bertz CT molecular complexity index is 200. The summed E-state index contributed by atoms with van der Waals surface area (Å²) in [4.78, 5) is 0. The molecule has 0 amide bonds. The Balaban J connectivity index is 3.31. The van der Waals surface area contributed by atoms with Crippen LogP contribution in [0.25, 0.3) is 0 Å². The van der Waals surface area contributed by atoms with Crippen molar-refractivity contribution < 1.29 is 17.9 Å². The Labute approximate surface area is 98.7 Å². The first-order valence-electron chi connectivity index (χ1n) is 5.03. The van der Waals surface area contributed by atoms with E-state index in [-0.39, 0.29) is 13.0 Å². The van der Waals surface area contributed by atoms with Crippen molar-refractivity contribution in [2.24, 2.45) is 0 Å². The highest BCUT2D eigenvalue weighted by Crippen LogP contribution is 2.20. The molecule has 0 aliphatic carbocycles. The fourth-order valence-electron chi connectivity index (χ4n) is 0.972. The van der Waals surface area contributed by atoms with Crippen molar-refractivity contribution in [2.75, 3.05) is 26.8 Å². The van der Waals surface area contributed by atoms with Crippen molar-refractivity contribution in [3.63, 3.8) is 0 Å². The van der Waals surface area contributed by atoms with Gasteiger partial charge in [-0.15, -0.1) is 0 Å². The van der Waals surface area contributed by atoms with Gasteiger partial charge in [-0.05, 0) is 25.1 Å². The predicted octanol–water partition coefficient (Wildman–Crippen LogP) is 1.83. The minimum absolute atomic E-state index is 0.0311. The number of alkyl halides is 3. The molecule has 0 aliphatic rings. The Morgan fingerprint density at radius 1 is 1.19 bits per heavy atom. The predicted molar refractivity (Wildman–Crippen MR) is 60.4 cm³/mol. The molecule has 0 radical (unpaired) electrons. The highest BCUT2D eigenvalue weighted by Gasteiger charge is 2.25. The molecule has 0 rings (SSSR count). The van der Waals surface area contributed by atoms with Crippen LogP contribution < -0.4 is 10.6 Å². The maximum Gasteiger partial charge on any atom is 0.389 e. The Morgan fingerprint density at radius 3 is 2.25 bits per heavy atom. The number of methoxy groups -OCH3 is 1. The normalized spacial score (nSPS) is 11.2. The lowest BCUT2D eigenvalue weighted by Crippen LogP contribution is -2.36. The van der Waals surface area contributed by atoms with E-state index in [0.717, 1.165) is 6.42 Å². The Hall–Kier alpha value is -0.560. The molecule has 16 heavy (non-hydrogen) atoms. The van der Waals surface area contributed by atoms with Gasteiger partial charge in [0.15, 0.2) is 5.11 Å². The van der Waals surface area contributed by atoms with Crippen LogP contribution in [0.4, 0.5) is 13.2 Å². The number of halogens is 3. The summed E-state index contributed by atoms with van der Waals surface area (Å²) in [6.45, 7) is 1.51. The summed E-state index contributed by atoms with van der Waals surface area (Å²) in [6, 6.07) is 0. The largest absolute Gasteiger partial charge is 0.389 e. The molecule has 0 heterocycles. The van der Waals surface area contributed by atoms with Crippen molar-refractivity contribution in [1.29, 1.82) is 0 Å². The molecule has 0 aromatic heterocycles. The lowest BCUT2D eigenvalue weighted by Gasteiger charge is -2.10. The van der Waals surface area contributed by atoms with E-state index in [2.05, 4.69) is 10.6 Å². The summed E-state index contributed by atoms with van der Waals surface area (Å²) >= 11 is 4.87. The van der Waals surface area contributed by atoms with Gasteiger partial charge < -0.3 is 15.4 Å². The minimum Gasteiger partial charge on any atom is -0.385 e. The van der Waals surface area contributed by atoms with Crippen molar-refractivity contribution >= 4 is 17.3 Å². The third kappa shape index (κ3) is 11.5. The fraction of sp³-hybridized carbons (Fsp3) is 0.889. The number of hydrogen-bond donors (Lipinski definition) is 2. The number of thiocarbonyl (C=S) groups is 1. The summed E-state index contributed by atoms with van der Waals surface area (Å²) in [5.41, 5.74) is 0. The zero-order chi connectivity index (χ0) is 12.4. The summed E-state index contributed by atoms with van der Waals surface area (Å²) in [5.74, 6) is 0. The second-order valence-corrected chi connectivity index (χ2v) is 3.66. The number of hydrogen-bond acceptors (Lipinski definition) is 2. The Morgan fingerprint density at radius 2 is 1.75 bits per heavy atom. The van der Waals surface area contributed by atoms with Gasteiger partial charge in [-0.3, -0.25) is 0 Å². The van der Waals surface area contributed by atoms with Crippen molar-refractivity contribution in [3.05, 3.63) is 0 Å². The average molecular weight is 258 g/mol. The second-order valence-electron chi connectivity index (χ2n) is 3.25. The van der Waals surface area contributed by atoms with Gasteiger partial charge in [-0.2, -0.15) is 13.2 Å². The van der Waals surface area contributed by atoms with E-state index in [4.69, 9.17) is 17.0 Å². The smallest absolute Gasteiger partial charge is 0.385 e. The number of rotatable bonds is 7. The van der Waals surface area contributed by atoms with Crippen LogP contribution in [0.2, 0.25) is 0 Å². The van der Waals surface area contributed by atoms with Gasteiger partial charge in [0.25, 0.3) is 0 Å². The molecule has 3 nitrogen and oxygen atoms in total. The topological polar surface area (TPSA) is 33.3 Å². The summed E-state index contributed by atoms with van der Waals surface area (Å²) in [7, 11) is 1.60. The van der Waals surface area contributed by atoms with Gasteiger partial charge >= 0.3 is 6.18 Å². The maximum atomic E-state index is 11.8. The van der Waals surface area contributed by atoms with Crippen LogP contribution in [0.5, 0.6) is 0 Å². The van der Waals surface area contributed by atoms with Crippen LogP contribution in [0.3, 0.4) is 0 Å². The fourth-order valence-corrected chi connectivity index (χ4v) is 1.18. The van der Waals surface area contributed by atoms with Gasteiger partial charge in [0, 0.05) is 33.2 Å². The molecule has 0 bridgehead atoms. The summed E-state index contributed by atoms with van der Waals surface area (Å²) in [6.07, 6.45) is -4.04. The van der Waals surface area contributed by atoms with E-state index in [9.17, 15) is 13.2 Å². The SMILES string of the molecule is COCCCNC(=S)NCCCC(F)(F)F. The average Bonchev–Trinajstić information content (AvgIpc) is 2.18. The molecule has 0 saturated heterocycles. The van der Waals surface area contributed by atoms with E-state index in [1.54, 1.807) is 7.11 Å². The lowest BCUT2D eigenvalue weighted by molar-refractivity contribution is -0.135. The first kappa shape index (κ1) is 15.4. The van der Waals surface area contributed by atoms with Crippen LogP contribution in [0.15, 0.2) is 0 Å². The Kier molecular flexibility index (Phi) is 8.28. The molecule has 0 saturated carbocycles. The summed E-state index contributed by atoms with van der Waals surface area (Å²) in [5, 5.41) is 5.97. The van der Waals surface area contributed by atoms with E-state index in [1.807, 2.05) is 0 Å². The molecule has 0 spiro atoms. The van der Waals surface area contributed by atoms with Crippen molar-refractivity contribution in [3.8, 4) is 0 Å². The molecule has 0 aromatic carbocycles. The third-order valence-corrected chi connectivity index (χ3v) is 2.02. The van der Waals surface area contributed by atoms with E-state index < -0.39 is 12.6 Å². The van der Waals surface area contributed by atoms with Crippen LogP contribution in [-0.2, 0) is 4.74 Å². The van der Waals surface area contributed by atoms with Crippen LogP contribution >= 0.6 is 12.2 Å². The maximum absolute atomic E-state index is 11.8. The second kappa shape index (κ2) is 8.58. The molecule has 96 valence electrons. The molecular weight excluding hydrogens is 241 g/mol. The molecule has 0 aliphatic heterocycles. The number of nitrogens with one attached hydrogen (secondary N) is 2. The molecule has 0 unspecified atom stereocenters. The highest BCUT2D eigenvalue weighted by atomic mass is 32.1. The molecule has 0 atom stereocenters. The van der Waals surface area contributed by atoms with E-state index in [1.165, 1.54) is 0 Å². The molecule has 7 heteroatoms. The lowest BCUT2D eigenvalue weighted by atomic mass is 10.3. The van der Waals surface area contributed by atoms with Gasteiger partial charge in [0.2, 0.25) is 0 Å². The molecule has 0 fully saturated rings. The van der Waals surface area contributed by atoms with Crippen LogP contribution in [0, 0.1) is 0 Å². The summed E-state index contributed by atoms with van der Waals surface area (Å²) < 4.78 is 40.2. The number of ether oxygens (including phenoxy) is 1. The molecule has 2 N–H and O–H groups in total.